The molecule has 1 heterocycles. The van der Waals surface area contributed by atoms with Crippen molar-refractivity contribution in [1.29, 1.82) is 0 Å². The molecule has 0 saturated heterocycles. The highest BCUT2D eigenvalue weighted by atomic mass is 19.1. The second-order valence-electron chi connectivity index (χ2n) is 3.76. The van der Waals surface area contributed by atoms with E-state index in [2.05, 4.69) is 4.99 Å². The fourth-order valence-corrected chi connectivity index (χ4v) is 1.71. The number of halogens is 1. The summed E-state index contributed by atoms with van der Waals surface area (Å²) in [5.41, 5.74) is 5.96. The van der Waals surface area contributed by atoms with Crippen molar-refractivity contribution in [3.63, 3.8) is 0 Å². The molecule has 1 aromatic rings. The van der Waals surface area contributed by atoms with Gasteiger partial charge in [0.1, 0.15) is 18.5 Å². The lowest BCUT2D eigenvalue weighted by atomic mass is 10.2. The molecule has 1 aliphatic heterocycles. The molecule has 1 aliphatic rings. The van der Waals surface area contributed by atoms with E-state index in [9.17, 15) is 4.39 Å². The third-order valence-corrected chi connectivity index (χ3v) is 2.48. The predicted octanol–water partition coefficient (Wildman–Crippen LogP) is 0.975. The van der Waals surface area contributed by atoms with Gasteiger partial charge in [0.2, 0.25) is 0 Å². The summed E-state index contributed by atoms with van der Waals surface area (Å²) < 4.78 is 18.5. The highest BCUT2D eigenvalue weighted by Crippen LogP contribution is 2.18. The van der Waals surface area contributed by atoms with E-state index >= 15 is 0 Å². The van der Waals surface area contributed by atoms with Crippen molar-refractivity contribution >= 4 is 11.7 Å². The Morgan fingerprint density at radius 1 is 1.56 bits per heavy atom. The lowest BCUT2D eigenvalue weighted by molar-refractivity contribution is 0.314. The summed E-state index contributed by atoms with van der Waals surface area (Å²) >= 11 is 0. The maximum absolute atomic E-state index is 13.5. The van der Waals surface area contributed by atoms with Crippen LogP contribution >= 0.6 is 0 Å². The summed E-state index contributed by atoms with van der Waals surface area (Å²) in [5, 5.41) is 0. The molecule has 5 heteroatoms. The third kappa shape index (κ3) is 2.24. The number of ether oxygens (including phenoxy) is 1. The fourth-order valence-electron chi connectivity index (χ4n) is 1.71. The van der Waals surface area contributed by atoms with E-state index in [1.54, 1.807) is 18.2 Å². The Hall–Kier alpha value is -1.78. The quantitative estimate of drug-likeness (QED) is 0.830. The van der Waals surface area contributed by atoms with E-state index in [0.717, 1.165) is 0 Å². The molecule has 4 nitrogen and oxygen atoms in total. The number of aliphatic imine (C=N–C) groups is 1. The standard InChI is InChI=1S/C11H14FN3O/c1-15(6-8-7-16-11(13)14-8)10-5-3-2-4-9(10)12/h2-5,8H,6-7H2,1H3,(H2,13,14)/t8-/m0/s1. The molecule has 2 N–H and O–H groups in total. The summed E-state index contributed by atoms with van der Waals surface area (Å²) in [4.78, 5) is 5.90. The number of anilines is 1. The Morgan fingerprint density at radius 2 is 2.31 bits per heavy atom. The van der Waals surface area contributed by atoms with Crippen molar-refractivity contribution in [2.75, 3.05) is 25.1 Å². The van der Waals surface area contributed by atoms with Gasteiger partial charge in [0.15, 0.2) is 0 Å². The minimum atomic E-state index is -0.235. The van der Waals surface area contributed by atoms with Crippen LogP contribution < -0.4 is 10.6 Å². The predicted molar refractivity (Wildman–Crippen MR) is 61.0 cm³/mol. The van der Waals surface area contributed by atoms with Gasteiger partial charge >= 0.3 is 0 Å². The number of hydrogen-bond acceptors (Lipinski definition) is 4. The summed E-state index contributed by atoms with van der Waals surface area (Å²) in [5.74, 6) is -0.235. The van der Waals surface area contributed by atoms with E-state index in [-0.39, 0.29) is 17.9 Å². The average Bonchev–Trinajstić information content (AvgIpc) is 2.64. The van der Waals surface area contributed by atoms with E-state index in [4.69, 9.17) is 10.5 Å². The number of benzene rings is 1. The van der Waals surface area contributed by atoms with Gasteiger partial charge < -0.3 is 15.4 Å². The molecular weight excluding hydrogens is 209 g/mol. The molecule has 0 saturated carbocycles. The molecule has 0 unspecified atom stereocenters. The van der Waals surface area contributed by atoms with Gasteiger partial charge in [-0.15, -0.1) is 0 Å². The summed E-state index contributed by atoms with van der Waals surface area (Å²) in [6.07, 6.45) is 0. The van der Waals surface area contributed by atoms with Crippen molar-refractivity contribution in [3.05, 3.63) is 30.1 Å². The van der Waals surface area contributed by atoms with Crippen molar-refractivity contribution in [1.82, 2.24) is 0 Å². The smallest absolute Gasteiger partial charge is 0.282 e. The molecule has 1 aromatic carbocycles. The zero-order valence-electron chi connectivity index (χ0n) is 9.06. The SMILES string of the molecule is CN(C[C@H]1COC(N)=N1)c1ccccc1F. The Kier molecular flexibility index (Phi) is 2.94. The maximum atomic E-state index is 13.5. The summed E-state index contributed by atoms with van der Waals surface area (Å²) in [7, 11) is 1.82. The van der Waals surface area contributed by atoms with Crippen molar-refractivity contribution in [2.45, 2.75) is 6.04 Å². The minimum Gasteiger partial charge on any atom is -0.463 e. The lowest BCUT2D eigenvalue weighted by Gasteiger charge is -2.21. The number of hydrogen-bond donors (Lipinski definition) is 1. The first-order valence-electron chi connectivity index (χ1n) is 5.08. The van der Waals surface area contributed by atoms with E-state index in [0.29, 0.717) is 18.8 Å². The van der Waals surface area contributed by atoms with Crippen LogP contribution in [-0.4, -0.2) is 32.3 Å². The number of rotatable bonds is 3. The largest absolute Gasteiger partial charge is 0.463 e. The number of nitrogens with two attached hydrogens (primary N) is 1. The molecule has 0 amide bonds. The fraction of sp³-hybridized carbons (Fsp3) is 0.364. The van der Waals surface area contributed by atoms with Crippen LogP contribution in [0.2, 0.25) is 0 Å². The van der Waals surface area contributed by atoms with Gasteiger partial charge in [-0.05, 0) is 12.1 Å². The second-order valence-corrected chi connectivity index (χ2v) is 3.76. The Balaban J connectivity index is 2.03. The van der Waals surface area contributed by atoms with Crippen molar-refractivity contribution in [3.8, 4) is 0 Å². The van der Waals surface area contributed by atoms with Gasteiger partial charge in [-0.25, -0.2) is 9.38 Å². The highest BCUT2D eigenvalue weighted by Gasteiger charge is 2.19. The highest BCUT2D eigenvalue weighted by molar-refractivity contribution is 5.73. The number of para-hydroxylation sites is 1. The molecule has 16 heavy (non-hydrogen) atoms. The molecule has 0 aromatic heterocycles. The first-order chi connectivity index (χ1) is 7.66. The van der Waals surface area contributed by atoms with Crippen LogP contribution in [0.25, 0.3) is 0 Å². The minimum absolute atomic E-state index is 0.0235. The number of amidine groups is 1. The Bertz CT molecular complexity index is 408. The molecule has 0 fully saturated rings. The van der Waals surface area contributed by atoms with E-state index in [1.165, 1.54) is 6.07 Å². The van der Waals surface area contributed by atoms with Gasteiger partial charge in [0, 0.05) is 13.6 Å². The van der Waals surface area contributed by atoms with Gasteiger partial charge in [-0.3, -0.25) is 0 Å². The first-order valence-corrected chi connectivity index (χ1v) is 5.08. The van der Waals surface area contributed by atoms with E-state index in [1.807, 2.05) is 11.9 Å². The van der Waals surface area contributed by atoms with Crippen molar-refractivity contribution in [2.24, 2.45) is 10.7 Å². The molecule has 2 rings (SSSR count). The Morgan fingerprint density at radius 3 is 2.94 bits per heavy atom. The molecule has 0 radical (unpaired) electrons. The van der Waals surface area contributed by atoms with Crippen LogP contribution in [0.15, 0.2) is 29.3 Å². The third-order valence-electron chi connectivity index (χ3n) is 2.48. The van der Waals surface area contributed by atoms with Crippen LogP contribution in [0.5, 0.6) is 0 Å². The van der Waals surface area contributed by atoms with Crippen LogP contribution in [0, 0.1) is 5.82 Å². The average molecular weight is 223 g/mol. The zero-order valence-corrected chi connectivity index (χ0v) is 9.06. The first kappa shape index (κ1) is 10.7. The van der Waals surface area contributed by atoms with Crippen LogP contribution in [0.4, 0.5) is 10.1 Å². The lowest BCUT2D eigenvalue weighted by Crippen LogP contribution is -2.29. The molecule has 0 spiro atoms. The van der Waals surface area contributed by atoms with Gasteiger partial charge in [-0.2, -0.15) is 0 Å². The van der Waals surface area contributed by atoms with Gasteiger partial charge in [0.25, 0.3) is 6.02 Å². The topological polar surface area (TPSA) is 50.9 Å². The molecule has 1 atom stereocenters. The Labute approximate surface area is 93.5 Å². The second kappa shape index (κ2) is 4.38. The molecule has 0 aliphatic carbocycles. The van der Waals surface area contributed by atoms with Crippen LogP contribution in [-0.2, 0) is 4.74 Å². The van der Waals surface area contributed by atoms with Crippen LogP contribution in [0.3, 0.4) is 0 Å². The van der Waals surface area contributed by atoms with Crippen LogP contribution in [0.1, 0.15) is 0 Å². The maximum Gasteiger partial charge on any atom is 0.282 e. The van der Waals surface area contributed by atoms with E-state index < -0.39 is 0 Å². The summed E-state index contributed by atoms with van der Waals surface area (Å²) in [6, 6.07) is 6.84. The normalized spacial score (nSPS) is 19.1. The van der Waals surface area contributed by atoms with Gasteiger partial charge in [0.05, 0.1) is 5.69 Å². The van der Waals surface area contributed by atoms with Crippen molar-refractivity contribution < 1.29 is 9.13 Å². The number of nitrogens with zero attached hydrogens (tertiary/aromatic N) is 2. The zero-order chi connectivity index (χ0) is 11.5. The molecule has 86 valence electrons. The monoisotopic (exact) mass is 223 g/mol. The number of likely N-dealkylation sites (N-methyl/N-ethyl adjacent to an activating group) is 1. The molecular formula is C11H14FN3O. The molecule has 0 bridgehead atoms. The summed E-state index contributed by atoms with van der Waals surface area (Å²) in [6.45, 7) is 1.05. The van der Waals surface area contributed by atoms with Gasteiger partial charge in [-0.1, -0.05) is 12.1 Å².